The summed E-state index contributed by atoms with van der Waals surface area (Å²) in [7, 11) is 0. The number of ether oxygens (including phenoxy) is 1. The average Bonchev–Trinajstić information content (AvgIpc) is 3.16. The van der Waals surface area contributed by atoms with E-state index in [1.807, 2.05) is 13.0 Å². The number of para-hydroxylation sites is 1. The summed E-state index contributed by atoms with van der Waals surface area (Å²) in [5.41, 5.74) is 14.8. The number of H-pyrrole nitrogens is 1. The van der Waals surface area contributed by atoms with Crippen LogP contribution >= 0.6 is 23.2 Å². The van der Waals surface area contributed by atoms with Crippen molar-refractivity contribution in [3.8, 4) is 28.1 Å². The monoisotopic (exact) mass is 513 g/mol. The number of fused-ring (bicyclic) bond motifs is 1. The van der Waals surface area contributed by atoms with Crippen LogP contribution in [-0.2, 0) is 4.79 Å². The van der Waals surface area contributed by atoms with E-state index in [1.54, 1.807) is 40.9 Å². The molecule has 0 unspecified atom stereocenters. The number of aryl methyl sites for hydroxylation is 1. The number of aromatic amines is 1. The molecule has 0 aliphatic carbocycles. The molecule has 0 bridgehead atoms. The predicted molar refractivity (Wildman–Crippen MR) is 138 cm³/mol. The first-order chi connectivity index (χ1) is 16.8. The first-order valence-corrected chi connectivity index (χ1v) is 11.9. The van der Waals surface area contributed by atoms with Crippen molar-refractivity contribution >= 4 is 34.8 Å². The van der Waals surface area contributed by atoms with Crippen LogP contribution in [0.5, 0.6) is 5.75 Å². The maximum Gasteiger partial charge on any atom is 0.328 e. The van der Waals surface area contributed by atoms with E-state index in [0.717, 1.165) is 18.4 Å². The number of carbonyl (C=O) groups excluding carboxylic acids is 1. The molecule has 0 aliphatic rings. The van der Waals surface area contributed by atoms with E-state index in [9.17, 15) is 9.59 Å². The molecular weight excluding hydrogens is 489 g/mol. The lowest BCUT2D eigenvalue weighted by Crippen LogP contribution is -2.34. The molecule has 2 heterocycles. The zero-order chi connectivity index (χ0) is 25.1. The number of rotatable bonds is 8. The van der Waals surface area contributed by atoms with Gasteiger partial charge in [0.15, 0.2) is 0 Å². The Labute approximate surface area is 211 Å². The van der Waals surface area contributed by atoms with E-state index in [0.29, 0.717) is 51.2 Å². The largest absolute Gasteiger partial charge is 0.425 e. The minimum absolute atomic E-state index is 0.280. The number of hydrogen-bond donors (Lipinski definition) is 3. The molecule has 0 spiro atoms. The number of halogens is 2. The second-order valence-corrected chi connectivity index (χ2v) is 8.99. The number of benzene rings is 2. The highest BCUT2D eigenvalue weighted by atomic mass is 35.5. The second-order valence-electron chi connectivity index (χ2n) is 8.18. The fourth-order valence-electron chi connectivity index (χ4n) is 3.92. The highest BCUT2D eigenvalue weighted by Crippen LogP contribution is 2.35. The van der Waals surface area contributed by atoms with E-state index in [4.69, 9.17) is 39.4 Å². The molecule has 5 N–H and O–H groups in total. The van der Waals surface area contributed by atoms with Crippen LogP contribution in [0.2, 0.25) is 10.0 Å². The number of nitrogens with zero attached hydrogens (tertiary/aromatic N) is 2. The summed E-state index contributed by atoms with van der Waals surface area (Å²) in [6.07, 6.45) is 1.98. The summed E-state index contributed by atoms with van der Waals surface area (Å²) in [5.74, 6) is -0.272. The lowest BCUT2D eigenvalue weighted by Gasteiger charge is -2.14. The predicted octanol–water partition coefficient (Wildman–Crippen LogP) is 4.33. The third-order valence-electron chi connectivity index (χ3n) is 5.65. The van der Waals surface area contributed by atoms with Crippen LogP contribution in [0, 0.1) is 6.92 Å². The number of carbonyl (C=O) groups is 1. The Morgan fingerprint density at radius 2 is 1.91 bits per heavy atom. The van der Waals surface area contributed by atoms with Crippen LogP contribution in [0.3, 0.4) is 0 Å². The van der Waals surface area contributed by atoms with Gasteiger partial charge in [0, 0.05) is 17.2 Å². The third kappa shape index (κ3) is 5.26. The van der Waals surface area contributed by atoms with Gasteiger partial charge in [-0.05, 0) is 56.1 Å². The van der Waals surface area contributed by atoms with Gasteiger partial charge in [0.1, 0.15) is 17.4 Å². The molecule has 2 aromatic heterocycles. The summed E-state index contributed by atoms with van der Waals surface area (Å²) in [6, 6.07) is 12.8. The van der Waals surface area contributed by atoms with Gasteiger partial charge in [0.05, 0.1) is 21.4 Å². The lowest BCUT2D eigenvalue weighted by atomic mass is 10.1. The molecule has 10 heteroatoms. The van der Waals surface area contributed by atoms with E-state index in [2.05, 4.69) is 10.1 Å². The highest BCUT2D eigenvalue weighted by molar-refractivity contribution is 6.42. The Morgan fingerprint density at radius 1 is 1.14 bits per heavy atom. The number of unbranched alkanes of at least 4 members (excludes halogenated alkanes) is 1. The Kier molecular flexibility index (Phi) is 7.57. The molecule has 2 aromatic carbocycles. The average molecular weight is 514 g/mol. The van der Waals surface area contributed by atoms with Crippen LogP contribution in [0.1, 0.15) is 25.0 Å². The summed E-state index contributed by atoms with van der Waals surface area (Å²) < 4.78 is 7.26. The Morgan fingerprint density at radius 3 is 2.66 bits per heavy atom. The molecule has 4 rings (SSSR count). The quantitative estimate of drug-likeness (QED) is 0.182. The Balaban J connectivity index is 1.78. The first-order valence-electron chi connectivity index (χ1n) is 11.1. The van der Waals surface area contributed by atoms with Crippen molar-refractivity contribution in [2.75, 3.05) is 6.54 Å². The molecule has 4 aromatic rings. The van der Waals surface area contributed by atoms with Crippen molar-refractivity contribution in [1.29, 1.82) is 0 Å². The molecule has 0 fully saturated rings. The van der Waals surface area contributed by atoms with Crippen LogP contribution < -0.4 is 21.8 Å². The molecule has 35 heavy (non-hydrogen) atoms. The van der Waals surface area contributed by atoms with Crippen LogP contribution in [-0.4, -0.2) is 33.2 Å². The van der Waals surface area contributed by atoms with Crippen molar-refractivity contribution < 1.29 is 9.53 Å². The van der Waals surface area contributed by atoms with Gasteiger partial charge < -0.3 is 21.2 Å². The fraction of sp³-hybridized carbons (Fsp3) is 0.240. The van der Waals surface area contributed by atoms with Gasteiger partial charge in [-0.25, -0.2) is 9.31 Å². The van der Waals surface area contributed by atoms with Crippen LogP contribution in [0.4, 0.5) is 0 Å². The summed E-state index contributed by atoms with van der Waals surface area (Å²) in [4.78, 5) is 28.2. The third-order valence-corrected chi connectivity index (χ3v) is 6.39. The molecule has 0 aliphatic heterocycles. The Bertz CT molecular complexity index is 1450. The molecule has 0 amide bonds. The molecule has 0 radical (unpaired) electrons. The zero-order valence-electron chi connectivity index (χ0n) is 19.1. The van der Waals surface area contributed by atoms with Crippen LogP contribution in [0.15, 0.2) is 53.3 Å². The van der Waals surface area contributed by atoms with E-state index in [1.165, 1.54) is 6.07 Å². The zero-order valence-corrected chi connectivity index (χ0v) is 20.6. The van der Waals surface area contributed by atoms with Crippen molar-refractivity contribution in [3.63, 3.8) is 0 Å². The lowest BCUT2D eigenvalue weighted by molar-refractivity contribution is -0.136. The summed E-state index contributed by atoms with van der Waals surface area (Å²) in [6.45, 7) is 2.37. The number of aromatic nitrogens is 3. The normalized spacial score (nSPS) is 12.1. The molecule has 182 valence electrons. The summed E-state index contributed by atoms with van der Waals surface area (Å²) in [5, 5.41) is 5.47. The standard InChI is InChI=1S/C25H25Cl2N5O3/c1-14-23(15-9-10-17(26)18(27)12-15)24-30-22(33)13-20(32(24)31-14)16-6-2-3-8-21(16)35-25(34)19(29)7-4-5-11-28/h2-3,6,8-10,12-13,19H,4-5,7,11,28-29H2,1H3,(H,30,33)/t19-/m0/s1. The Hall–Kier alpha value is -3.17. The fourth-order valence-corrected chi connectivity index (χ4v) is 4.22. The van der Waals surface area contributed by atoms with Gasteiger partial charge in [-0.15, -0.1) is 0 Å². The van der Waals surface area contributed by atoms with Crippen LogP contribution in [0.25, 0.3) is 28.0 Å². The highest BCUT2D eigenvalue weighted by Gasteiger charge is 2.21. The molecule has 1 atom stereocenters. The maximum absolute atomic E-state index is 12.7. The van der Waals surface area contributed by atoms with Gasteiger partial charge in [-0.1, -0.05) is 47.8 Å². The minimum Gasteiger partial charge on any atom is -0.425 e. The number of nitrogens with one attached hydrogen (secondary N) is 1. The second kappa shape index (κ2) is 10.6. The topological polar surface area (TPSA) is 128 Å². The molecule has 0 saturated carbocycles. The molecule has 8 nitrogen and oxygen atoms in total. The van der Waals surface area contributed by atoms with Crippen molar-refractivity contribution in [2.45, 2.75) is 32.2 Å². The van der Waals surface area contributed by atoms with Gasteiger partial charge in [0.2, 0.25) is 0 Å². The van der Waals surface area contributed by atoms with E-state index >= 15 is 0 Å². The van der Waals surface area contributed by atoms with Crippen molar-refractivity contribution in [2.24, 2.45) is 11.5 Å². The van der Waals surface area contributed by atoms with E-state index in [-0.39, 0.29) is 11.3 Å². The smallest absolute Gasteiger partial charge is 0.328 e. The number of hydrogen-bond acceptors (Lipinski definition) is 6. The summed E-state index contributed by atoms with van der Waals surface area (Å²) >= 11 is 12.3. The molecular formula is C25H25Cl2N5O3. The molecule has 0 saturated heterocycles. The number of esters is 1. The van der Waals surface area contributed by atoms with Gasteiger partial charge in [0.25, 0.3) is 5.56 Å². The van der Waals surface area contributed by atoms with Crippen molar-refractivity contribution in [1.82, 2.24) is 14.6 Å². The minimum atomic E-state index is -0.776. The van der Waals surface area contributed by atoms with Gasteiger partial charge in [-0.3, -0.25) is 4.79 Å². The van der Waals surface area contributed by atoms with Gasteiger partial charge >= 0.3 is 5.97 Å². The number of nitrogens with two attached hydrogens (primary N) is 2. The van der Waals surface area contributed by atoms with Crippen molar-refractivity contribution in [3.05, 3.63) is 74.6 Å². The maximum atomic E-state index is 12.7. The van der Waals surface area contributed by atoms with Gasteiger partial charge in [-0.2, -0.15) is 5.10 Å². The first kappa shape index (κ1) is 24.9. The van der Waals surface area contributed by atoms with E-state index < -0.39 is 12.0 Å². The SMILES string of the molecule is Cc1nn2c(-c3ccccc3OC(=O)[C@@H](N)CCCCN)cc(=O)[nH]c2c1-c1ccc(Cl)c(Cl)c1.